The standard InChI is InChI=1S/C21H19NO4/c23-21(17-7-8-19-20(13-17)26-11-4-10-25-19)22(14-16-9-12-24-15-16)18-5-2-1-3-6-18/h1-3,5-9,12-13,15H,4,10-11,14H2. The van der Waals surface area contributed by atoms with Gasteiger partial charge >= 0.3 is 0 Å². The van der Waals surface area contributed by atoms with Gasteiger partial charge in [0, 0.05) is 23.2 Å². The SMILES string of the molecule is O=C(c1ccc2c(c1)OCCCO2)N(Cc1ccoc1)c1ccccc1. The van der Waals surface area contributed by atoms with Crippen molar-refractivity contribution < 1.29 is 18.7 Å². The molecule has 5 heteroatoms. The molecular weight excluding hydrogens is 330 g/mol. The smallest absolute Gasteiger partial charge is 0.258 e. The summed E-state index contributed by atoms with van der Waals surface area (Å²) in [4.78, 5) is 15.0. The summed E-state index contributed by atoms with van der Waals surface area (Å²) in [5.41, 5.74) is 2.31. The first-order valence-corrected chi connectivity index (χ1v) is 8.59. The van der Waals surface area contributed by atoms with Crippen LogP contribution in [-0.2, 0) is 6.54 Å². The quantitative estimate of drug-likeness (QED) is 0.705. The van der Waals surface area contributed by atoms with E-state index in [1.807, 2.05) is 36.4 Å². The van der Waals surface area contributed by atoms with E-state index in [0.717, 1.165) is 17.7 Å². The zero-order chi connectivity index (χ0) is 17.8. The van der Waals surface area contributed by atoms with Crippen LogP contribution in [0.4, 0.5) is 5.69 Å². The Morgan fingerprint density at radius 3 is 2.54 bits per heavy atom. The van der Waals surface area contributed by atoms with Gasteiger partial charge in [0.15, 0.2) is 11.5 Å². The summed E-state index contributed by atoms with van der Waals surface area (Å²) in [6.45, 7) is 1.63. The van der Waals surface area contributed by atoms with Gasteiger partial charge < -0.3 is 18.8 Å². The van der Waals surface area contributed by atoms with Crippen LogP contribution in [0.15, 0.2) is 71.5 Å². The molecule has 4 rings (SSSR count). The molecule has 0 aliphatic carbocycles. The van der Waals surface area contributed by atoms with Crippen LogP contribution in [-0.4, -0.2) is 19.1 Å². The van der Waals surface area contributed by atoms with Crippen LogP contribution < -0.4 is 14.4 Å². The first kappa shape index (κ1) is 16.3. The number of fused-ring (bicyclic) bond motifs is 1. The average Bonchev–Trinajstić information content (AvgIpc) is 3.09. The third-order valence-corrected chi connectivity index (χ3v) is 4.23. The molecule has 0 fully saturated rings. The van der Waals surface area contributed by atoms with E-state index >= 15 is 0 Å². The summed E-state index contributed by atoms with van der Waals surface area (Å²) in [6.07, 6.45) is 4.09. The minimum atomic E-state index is -0.104. The van der Waals surface area contributed by atoms with Crippen molar-refractivity contribution in [2.24, 2.45) is 0 Å². The molecule has 0 unspecified atom stereocenters. The Kier molecular flexibility index (Phi) is 4.60. The third kappa shape index (κ3) is 3.42. The third-order valence-electron chi connectivity index (χ3n) is 4.23. The molecule has 132 valence electrons. The average molecular weight is 349 g/mol. The van der Waals surface area contributed by atoms with E-state index in [1.165, 1.54) is 0 Å². The zero-order valence-electron chi connectivity index (χ0n) is 14.3. The van der Waals surface area contributed by atoms with E-state index in [9.17, 15) is 4.79 Å². The van der Waals surface area contributed by atoms with Crippen LogP contribution in [0.25, 0.3) is 0 Å². The fourth-order valence-electron chi connectivity index (χ4n) is 2.91. The number of ether oxygens (including phenoxy) is 2. The molecule has 1 aromatic heterocycles. The Morgan fingerprint density at radius 1 is 0.962 bits per heavy atom. The minimum Gasteiger partial charge on any atom is -0.490 e. The molecule has 1 amide bonds. The van der Waals surface area contributed by atoms with Gasteiger partial charge in [-0.1, -0.05) is 18.2 Å². The summed E-state index contributed by atoms with van der Waals surface area (Å²) in [7, 11) is 0. The second kappa shape index (κ2) is 7.35. The molecule has 5 nitrogen and oxygen atoms in total. The Bertz CT molecular complexity index is 874. The monoisotopic (exact) mass is 349 g/mol. The van der Waals surface area contributed by atoms with E-state index in [0.29, 0.717) is 36.8 Å². The lowest BCUT2D eigenvalue weighted by molar-refractivity contribution is 0.0984. The molecule has 3 aromatic rings. The van der Waals surface area contributed by atoms with Crippen LogP contribution in [0.3, 0.4) is 0 Å². The Hall–Kier alpha value is -3.21. The van der Waals surface area contributed by atoms with Crippen molar-refractivity contribution in [1.82, 2.24) is 0 Å². The summed E-state index contributed by atoms with van der Waals surface area (Å²) in [5.74, 6) is 1.19. The molecule has 0 radical (unpaired) electrons. The van der Waals surface area contributed by atoms with Crippen molar-refractivity contribution in [1.29, 1.82) is 0 Å². The molecule has 0 saturated carbocycles. The molecule has 2 heterocycles. The number of hydrogen-bond donors (Lipinski definition) is 0. The Labute approximate surface area is 151 Å². The fourth-order valence-corrected chi connectivity index (χ4v) is 2.91. The molecule has 26 heavy (non-hydrogen) atoms. The van der Waals surface area contributed by atoms with Crippen molar-refractivity contribution in [2.45, 2.75) is 13.0 Å². The van der Waals surface area contributed by atoms with E-state index in [1.54, 1.807) is 35.6 Å². The molecule has 0 saturated heterocycles. The van der Waals surface area contributed by atoms with E-state index < -0.39 is 0 Å². The predicted octanol–water partition coefficient (Wildman–Crippen LogP) is 4.29. The highest BCUT2D eigenvalue weighted by Crippen LogP contribution is 2.31. The number of nitrogens with zero attached hydrogens (tertiary/aromatic N) is 1. The first-order chi connectivity index (χ1) is 12.8. The molecule has 1 aliphatic rings. The first-order valence-electron chi connectivity index (χ1n) is 8.59. The largest absolute Gasteiger partial charge is 0.490 e. The number of amides is 1. The zero-order valence-corrected chi connectivity index (χ0v) is 14.3. The molecule has 0 bridgehead atoms. The lowest BCUT2D eigenvalue weighted by Crippen LogP contribution is -2.30. The number of para-hydroxylation sites is 1. The maximum atomic E-state index is 13.2. The highest BCUT2D eigenvalue weighted by atomic mass is 16.5. The van der Waals surface area contributed by atoms with Gasteiger partial charge in [-0.05, 0) is 36.4 Å². The lowest BCUT2D eigenvalue weighted by atomic mass is 10.1. The number of anilines is 1. The van der Waals surface area contributed by atoms with Gasteiger partial charge in [-0.3, -0.25) is 4.79 Å². The molecule has 2 aromatic carbocycles. The Balaban J connectivity index is 1.67. The predicted molar refractivity (Wildman–Crippen MR) is 97.7 cm³/mol. The van der Waals surface area contributed by atoms with Gasteiger partial charge in [0.25, 0.3) is 5.91 Å². The van der Waals surface area contributed by atoms with E-state index in [4.69, 9.17) is 13.9 Å². The minimum absolute atomic E-state index is 0.104. The molecule has 1 aliphatic heterocycles. The number of benzene rings is 2. The van der Waals surface area contributed by atoms with Crippen LogP contribution in [0, 0.1) is 0 Å². The number of rotatable bonds is 4. The van der Waals surface area contributed by atoms with E-state index in [-0.39, 0.29) is 5.91 Å². The second-order valence-corrected chi connectivity index (χ2v) is 6.07. The van der Waals surface area contributed by atoms with Crippen LogP contribution in [0.1, 0.15) is 22.3 Å². The van der Waals surface area contributed by atoms with Gasteiger partial charge in [-0.2, -0.15) is 0 Å². The van der Waals surface area contributed by atoms with Crippen molar-refractivity contribution in [3.63, 3.8) is 0 Å². The van der Waals surface area contributed by atoms with Gasteiger partial charge in [-0.15, -0.1) is 0 Å². The van der Waals surface area contributed by atoms with Gasteiger partial charge in [-0.25, -0.2) is 0 Å². The topological polar surface area (TPSA) is 51.9 Å². The fraction of sp³-hybridized carbons (Fsp3) is 0.190. The summed E-state index contributed by atoms with van der Waals surface area (Å²) >= 11 is 0. The lowest BCUT2D eigenvalue weighted by Gasteiger charge is -2.23. The highest BCUT2D eigenvalue weighted by Gasteiger charge is 2.21. The second-order valence-electron chi connectivity index (χ2n) is 6.07. The molecule has 0 atom stereocenters. The van der Waals surface area contributed by atoms with Crippen molar-refractivity contribution >= 4 is 11.6 Å². The van der Waals surface area contributed by atoms with Crippen LogP contribution in [0.2, 0.25) is 0 Å². The van der Waals surface area contributed by atoms with Gasteiger partial charge in [0.05, 0.1) is 32.3 Å². The van der Waals surface area contributed by atoms with E-state index in [2.05, 4.69) is 0 Å². The van der Waals surface area contributed by atoms with Crippen LogP contribution >= 0.6 is 0 Å². The maximum absolute atomic E-state index is 13.2. The normalized spacial score (nSPS) is 13.1. The van der Waals surface area contributed by atoms with Crippen molar-refractivity contribution in [3.8, 4) is 11.5 Å². The highest BCUT2D eigenvalue weighted by molar-refractivity contribution is 6.06. The van der Waals surface area contributed by atoms with Gasteiger partial charge in [0.1, 0.15) is 0 Å². The summed E-state index contributed by atoms with van der Waals surface area (Å²) in [5, 5.41) is 0. The number of furan rings is 1. The van der Waals surface area contributed by atoms with Crippen molar-refractivity contribution in [3.05, 3.63) is 78.3 Å². The number of carbonyl (C=O) groups excluding carboxylic acids is 1. The number of hydrogen-bond acceptors (Lipinski definition) is 4. The summed E-state index contributed by atoms with van der Waals surface area (Å²) in [6, 6.07) is 16.8. The maximum Gasteiger partial charge on any atom is 0.258 e. The molecule has 0 spiro atoms. The van der Waals surface area contributed by atoms with Gasteiger partial charge in [0.2, 0.25) is 0 Å². The molecule has 0 N–H and O–H groups in total. The summed E-state index contributed by atoms with van der Waals surface area (Å²) < 4.78 is 16.5. The van der Waals surface area contributed by atoms with Crippen molar-refractivity contribution in [2.75, 3.05) is 18.1 Å². The number of carbonyl (C=O) groups is 1. The Morgan fingerprint density at radius 2 is 1.77 bits per heavy atom. The molecular formula is C21H19NO4. The van der Waals surface area contributed by atoms with Crippen LogP contribution in [0.5, 0.6) is 11.5 Å².